The molecule has 2 atom stereocenters. The zero-order valence-electron chi connectivity index (χ0n) is 19.9. The van der Waals surface area contributed by atoms with Crippen LogP contribution < -0.4 is 4.74 Å². The summed E-state index contributed by atoms with van der Waals surface area (Å²) in [4.78, 5) is 34.4. The number of halogens is 1. The Morgan fingerprint density at radius 2 is 1.75 bits per heavy atom. The lowest BCUT2D eigenvalue weighted by Gasteiger charge is -2.47. The van der Waals surface area contributed by atoms with E-state index in [0.717, 1.165) is 33.3 Å². The number of fused-ring (bicyclic) bond motifs is 4. The number of piperazine rings is 1. The summed E-state index contributed by atoms with van der Waals surface area (Å²) >= 11 is 0. The van der Waals surface area contributed by atoms with E-state index in [0.29, 0.717) is 25.1 Å². The van der Waals surface area contributed by atoms with Gasteiger partial charge < -0.3 is 19.5 Å². The van der Waals surface area contributed by atoms with Crippen molar-refractivity contribution in [2.45, 2.75) is 24.9 Å². The van der Waals surface area contributed by atoms with Crippen LogP contribution in [0.1, 0.15) is 28.4 Å². The van der Waals surface area contributed by atoms with Gasteiger partial charge in [0, 0.05) is 35.1 Å². The van der Waals surface area contributed by atoms with Crippen LogP contribution in [-0.4, -0.2) is 52.8 Å². The highest BCUT2D eigenvalue weighted by Gasteiger charge is 2.48. The number of ether oxygens (including phenoxy) is 1. The number of aromatic nitrogens is 1. The van der Waals surface area contributed by atoms with Crippen LogP contribution in [0.4, 0.5) is 4.39 Å². The number of benzene rings is 3. The highest BCUT2D eigenvalue weighted by atomic mass is 19.1. The monoisotopic (exact) mass is 483 g/mol. The molecule has 2 aliphatic rings. The minimum absolute atomic E-state index is 0.0116. The molecule has 1 N–H and O–H groups in total. The normalized spacial score (nSPS) is 19.4. The third-order valence-electron chi connectivity index (χ3n) is 7.36. The van der Waals surface area contributed by atoms with Crippen molar-refractivity contribution in [3.05, 3.63) is 101 Å². The fourth-order valence-corrected chi connectivity index (χ4v) is 5.64. The van der Waals surface area contributed by atoms with Gasteiger partial charge in [0.25, 0.3) is 0 Å². The van der Waals surface area contributed by atoms with E-state index in [2.05, 4.69) is 11.1 Å². The first-order valence-electron chi connectivity index (χ1n) is 12.1. The van der Waals surface area contributed by atoms with Crippen molar-refractivity contribution in [1.82, 2.24) is 14.8 Å². The van der Waals surface area contributed by atoms with Crippen molar-refractivity contribution in [1.29, 1.82) is 0 Å². The summed E-state index contributed by atoms with van der Waals surface area (Å²) in [6, 6.07) is 20.9. The summed E-state index contributed by atoms with van der Waals surface area (Å²) in [5, 5.41) is 1.07. The molecule has 7 heteroatoms. The number of hydrogen-bond acceptors (Lipinski definition) is 3. The molecule has 0 spiro atoms. The Bertz CT molecular complexity index is 1460. The van der Waals surface area contributed by atoms with E-state index < -0.39 is 12.1 Å². The molecule has 4 aromatic rings. The van der Waals surface area contributed by atoms with Gasteiger partial charge >= 0.3 is 0 Å². The van der Waals surface area contributed by atoms with E-state index >= 15 is 0 Å². The second kappa shape index (κ2) is 8.82. The summed E-state index contributed by atoms with van der Waals surface area (Å²) < 4.78 is 19.0. The highest BCUT2D eigenvalue weighted by Crippen LogP contribution is 2.44. The number of nitrogens with one attached hydrogen (secondary N) is 1. The van der Waals surface area contributed by atoms with Crippen LogP contribution in [0.3, 0.4) is 0 Å². The second-order valence-corrected chi connectivity index (χ2v) is 9.36. The Balaban J connectivity index is 1.40. The van der Waals surface area contributed by atoms with Crippen molar-refractivity contribution in [3.63, 3.8) is 0 Å². The SMILES string of the molecule is COc1ccccc1[C@H]1c2[nH]c3ccccc3c2C[C@H]2C(=O)N(CCc3ccc(F)cc3)CC(=O)N12. The molecule has 0 aliphatic carbocycles. The van der Waals surface area contributed by atoms with E-state index in [1.807, 2.05) is 42.5 Å². The number of para-hydroxylation sites is 2. The molecule has 182 valence electrons. The van der Waals surface area contributed by atoms with Crippen LogP contribution in [0.15, 0.2) is 72.8 Å². The fraction of sp³-hybridized carbons (Fsp3) is 0.241. The Labute approximate surface area is 208 Å². The lowest BCUT2D eigenvalue weighted by Crippen LogP contribution is -2.63. The van der Waals surface area contributed by atoms with Crippen molar-refractivity contribution in [3.8, 4) is 5.75 Å². The molecule has 0 radical (unpaired) electrons. The van der Waals surface area contributed by atoms with Crippen molar-refractivity contribution < 1.29 is 18.7 Å². The molecule has 2 amide bonds. The number of rotatable bonds is 5. The van der Waals surface area contributed by atoms with Crippen molar-refractivity contribution in [2.24, 2.45) is 0 Å². The van der Waals surface area contributed by atoms with Gasteiger partial charge in [0.1, 0.15) is 23.7 Å². The largest absolute Gasteiger partial charge is 0.496 e. The van der Waals surface area contributed by atoms with Gasteiger partial charge in [-0.2, -0.15) is 0 Å². The highest BCUT2D eigenvalue weighted by molar-refractivity contribution is 5.97. The summed E-state index contributed by atoms with van der Waals surface area (Å²) in [5.41, 5.74) is 4.74. The fourth-order valence-electron chi connectivity index (χ4n) is 5.64. The van der Waals surface area contributed by atoms with Gasteiger partial charge in [-0.3, -0.25) is 9.59 Å². The summed E-state index contributed by atoms with van der Waals surface area (Å²) in [5.74, 6) is 0.218. The standard InChI is InChI=1S/C29H26FN3O3/c1-36-25-9-5-3-7-21(25)28-27-22(20-6-2-4-8-23(20)31-27)16-24-29(35)32(17-26(34)33(24)28)15-14-18-10-12-19(30)13-11-18/h2-13,24,28,31H,14-17H2,1H3/t24-,28-/m0/s1. The molecule has 1 fully saturated rings. The number of carbonyl (C=O) groups is 2. The lowest BCUT2D eigenvalue weighted by molar-refractivity contribution is -0.158. The third kappa shape index (κ3) is 3.63. The Morgan fingerprint density at radius 1 is 1.00 bits per heavy atom. The van der Waals surface area contributed by atoms with Gasteiger partial charge in [-0.1, -0.05) is 48.5 Å². The Kier molecular flexibility index (Phi) is 5.48. The molecule has 0 saturated carbocycles. The lowest BCUT2D eigenvalue weighted by atomic mass is 9.86. The molecule has 3 heterocycles. The van der Waals surface area contributed by atoms with Crippen LogP contribution in [-0.2, 0) is 22.4 Å². The number of aromatic amines is 1. The topological polar surface area (TPSA) is 65.6 Å². The molecule has 0 unspecified atom stereocenters. The predicted molar refractivity (Wildman–Crippen MR) is 134 cm³/mol. The van der Waals surface area contributed by atoms with Gasteiger partial charge in [-0.25, -0.2) is 4.39 Å². The number of amides is 2. The molecular formula is C29H26FN3O3. The molecule has 2 aliphatic heterocycles. The number of nitrogens with zero attached hydrogens (tertiary/aromatic N) is 2. The maximum atomic E-state index is 13.8. The van der Waals surface area contributed by atoms with Gasteiger partial charge in [0.05, 0.1) is 13.7 Å². The van der Waals surface area contributed by atoms with Crippen LogP contribution >= 0.6 is 0 Å². The average molecular weight is 484 g/mol. The van der Waals surface area contributed by atoms with Crippen molar-refractivity contribution >= 4 is 22.7 Å². The van der Waals surface area contributed by atoms with Crippen LogP contribution in [0.2, 0.25) is 0 Å². The first-order chi connectivity index (χ1) is 17.5. The Hall–Kier alpha value is -4.13. The number of carbonyl (C=O) groups excluding carboxylic acids is 2. The zero-order valence-corrected chi connectivity index (χ0v) is 19.9. The summed E-state index contributed by atoms with van der Waals surface area (Å²) in [6.07, 6.45) is 1.00. The minimum atomic E-state index is -0.610. The first kappa shape index (κ1) is 22.3. The van der Waals surface area contributed by atoms with Crippen LogP contribution in [0, 0.1) is 5.82 Å². The summed E-state index contributed by atoms with van der Waals surface area (Å²) in [7, 11) is 1.62. The molecule has 6 rings (SSSR count). The molecule has 0 bridgehead atoms. The van der Waals surface area contributed by atoms with Gasteiger partial charge in [0.15, 0.2) is 0 Å². The molecule has 36 heavy (non-hydrogen) atoms. The molecule has 1 aromatic heterocycles. The second-order valence-electron chi connectivity index (χ2n) is 9.36. The van der Waals surface area contributed by atoms with Crippen molar-refractivity contribution in [2.75, 3.05) is 20.2 Å². The summed E-state index contributed by atoms with van der Waals surface area (Å²) in [6.45, 7) is 0.415. The molecule has 6 nitrogen and oxygen atoms in total. The maximum Gasteiger partial charge on any atom is 0.246 e. The van der Waals surface area contributed by atoms with E-state index in [1.165, 1.54) is 12.1 Å². The van der Waals surface area contributed by atoms with Gasteiger partial charge in [0.2, 0.25) is 11.8 Å². The van der Waals surface area contributed by atoms with E-state index in [-0.39, 0.29) is 24.2 Å². The number of methoxy groups -OCH3 is 1. The van der Waals surface area contributed by atoms with Crippen LogP contribution in [0.25, 0.3) is 10.9 Å². The average Bonchev–Trinajstić information content (AvgIpc) is 3.28. The molecule has 3 aromatic carbocycles. The van der Waals surface area contributed by atoms with Gasteiger partial charge in [-0.15, -0.1) is 0 Å². The third-order valence-corrected chi connectivity index (χ3v) is 7.36. The molecule has 1 saturated heterocycles. The minimum Gasteiger partial charge on any atom is -0.496 e. The van der Waals surface area contributed by atoms with Crippen LogP contribution in [0.5, 0.6) is 5.75 Å². The van der Waals surface area contributed by atoms with E-state index in [1.54, 1.807) is 29.0 Å². The predicted octanol–water partition coefficient (Wildman–Crippen LogP) is 4.24. The van der Waals surface area contributed by atoms with Gasteiger partial charge in [-0.05, 0) is 41.8 Å². The molecular weight excluding hydrogens is 457 g/mol. The van der Waals surface area contributed by atoms with E-state index in [4.69, 9.17) is 4.74 Å². The quantitative estimate of drug-likeness (QED) is 0.462. The number of H-pyrrole nitrogens is 1. The zero-order chi connectivity index (χ0) is 24.8. The smallest absolute Gasteiger partial charge is 0.246 e. The Morgan fingerprint density at radius 3 is 2.56 bits per heavy atom. The first-order valence-corrected chi connectivity index (χ1v) is 12.1. The van der Waals surface area contributed by atoms with E-state index in [9.17, 15) is 14.0 Å². The number of hydrogen-bond donors (Lipinski definition) is 1. The maximum absolute atomic E-state index is 13.8.